The second-order valence-corrected chi connectivity index (χ2v) is 6.93. The van der Waals surface area contributed by atoms with Crippen molar-refractivity contribution in [2.24, 2.45) is 0 Å². The molecule has 0 aliphatic rings. The van der Waals surface area contributed by atoms with Gasteiger partial charge in [-0.3, -0.25) is 9.48 Å². The highest BCUT2D eigenvalue weighted by Crippen LogP contribution is 2.26. The minimum absolute atomic E-state index is 0.234. The number of benzene rings is 2. The summed E-state index contributed by atoms with van der Waals surface area (Å²) in [6, 6.07) is 9.61. The number of halogens is 2. The molecule has 1 amide bonds. The van der Waals surface area contributed by atoms with Gasteiger partial charge in [0.25, 0.3) is 5.91 Å². The van der Waals surface area contributed by atoms with Crippen molar-refractivity contribution in [1.29, 1.82) is 0 Å². The van der Waals surface area contributed by atoms with E-state index in [1.165, 1.54) is 12.1 Å². The maximum atomic E-state index is 13.3. The van der Waals surface area contributed by atoms with E-state index < -0.39 is 0 Å². The molecule has 1 heterocycles. The van der Waals surface area contributed by atoms with E-state index in [4.69, 9.17) is 16.3 Å². The minimum atomic E-state index is -0.385. The van der Waals surface area contributed by atoms with Crippen LogP contribution in [0.5, 0.6) is 5.75 Å². The Hall–Kier alpha value is -2.86. The van der Waals surface area contributed by atoms with Gasteiger partial charge in [-0.2, -0.15) is 5.10 Å². The van der Waals surface area contributed by atoms with E-state index in [-0.39, 0.29) is 11.7 Å². The van der Waals surface area contributed by atoms with Crippen LogP contribution in [-0.4, -0.2) is 22.8 Å². The monoisotopic (exact) mass is 401 g/mol. The predicted octanol–water partition coefficient (Wildman–Crippen LogP) is 4.91. The van der Waals surface area contributed by atoms with Gasteiger partial charge in [-0.25, -0.2) is 4.39 Å². The summed E-state index contributed by atoms with van der Waals surface area (Å²) in [6.45, 7) is 5.91. The van der Waals surface area contributed by atoms with E-state index in [0.717, 1.165) is 16.8 Å². The van der Waals surface area contributed by atoms with Crippen molar-refractivity contribution >= 4 is 23.2 Å². The van der Waals surface area contributed by atoms with Gasteiger partial charge in [0.05, 0.1) is 30.7 Å². The predicted molar refractivity (Wildman–Crippen MR) is 108 cm³/mol. The van der Waals surface area contributed by atoms with Gasteiger partial charge in [0.15, 0.2) is 0 Å². The number of anilines is 1. The number of nitrogens with one attached hydrogen (secondary N) is 1. The molecule has 0 aliphatic carbocycles. The van der Waals surface area contributed by atoms with E-state index in [1.54, 1.807) is 30.0 Å². The van der Waals surface area contributed by atoms with Crippen molar-refractivity contribution in [3.8, 4) is 5.75 Å². The summed E-state index contributed by atoms with van der Waals surface area (Å²) >= 11 is 6.13. The summed E-state index contributed by atoms with van der Waals surface area (Å²) in [4.78, 5) is 12.8. The Balaban J connectivity index is 1.87. The second kappa shape index (κ2) is 8.02. The molecule has 1 aromatic heterocycles. The number of carbonyl (C=O) groups is 1. The number of amides is 1. The number of nitrogens with zero attached hydrogens (tertiary/aromatic N) is 2. The first-order chi connectivity index (χ1) is 13.3. The summed E-state index contributed by atoms with van der Waals surface area (Å²) in [5, 5.41) is 7.78. The molecule has 7 heteroatoms. The molecular weight excluding hydrogens is 381 g/mol. The Morgan fingerprint density at radius 2 is 2.00 bits per heavy atom. The first kappa shape index (κ1) is 19.9. The average molecular weight is 402 g/mol. The lowest BCUT2D eigenvalue weighted by Crippen LogP contribution is -2.15. The Labute approximate surface area is 168 Å². The van der Waals surface area contributed by atoms with Crippen LogP contribution in [0.3, 0.4) is 0 Å². The van der Waals surface area contributed by atoms with Crippen LogP contribution in [0.25, 0.3) is 0 Å². The molecule has 2 aromatic carbocycles. The Morgan fingerprint density at radius 3 is 2.68 bits per heavy atom. The van der Waals surface area contributed by atoms with Crippen LogP contribution in [0.4, 0.5) is 10.1 Å². The number of methoxy groups -OCH3 is 1. The maximum absolute atomic E-state index is 13.3. The van der Waals surface area contributed by atoms with Crippen molar-refractivity contribution in [2.45, 2.75) is 27.3 Å². The molecule has 0 fully saturated rings. The highest BCUT2D eigenvalue weighted by molar-refractivity contribution is 6.31. The molecule has 28 heavy (non-hydrogen) atoms. The zero-order valence-corrected chi connectivity index (χ0v) is 16.9. The third-order valence-corrected chi connectivity index (χ3v) is 5.06. The van der Waals surface area contributed by atoms with Crippen molar-refractivity contribution in [2.75, 3.05) is 12.4 Å². The van der Waals surface area contributed by atoms with Crippen LogP contribution in [-0.2, 0) is 6.54 Å². The van der Waals surface area contributed by atoms with E-state index in [1.807, 2.05) is 26.8 Å². The molecule has 3 aromatic rings. The van der Waals surface area contributed by atoms with Crippen molar-refractivity contribution in [3.63, 3.8) is 0 Å². The highest BCUT2D eigenvalue weighted by Gasteiger charge is 2.18. The van der Waals surface area contributed by atoms with Crippen molar-refractivity contribution in [3.05, 3.63) is 75.3 Å². The molecule has 1 N–H and O–H groups in total. The highest BCUT2D eigenvalue weighted by atomic mass is 35.5. The summed E-state index contributed by atoms with van der Waals surface area (Å²) < 4.78 is 20.3. The van der Waals surface area contributed by atoms with Gasteiger partial charge in [0.1, 0.15) is 11.6 Å². The zero-order valence-electron chi connectivity index (χ0n) is 16.1. The number of rotatable bonds is 5. The molecule has 0 aliphatic heterocycles. The summed E-state index contributed by atoms with van der Waals surface area (Å²) in [5.74, 6) is 0.0356. The fourth-order valence-electron chi connectivity index (χ4n) is 3.11. The minimum Gasteiger partial charge on any atom is -0.496 e. The van der Waals surface area contributed by atoms with Gasteiger partial charge in [-0.1, -0.05) is 23.7 Å². The summed E-state index contributed by atoms with van der Waals surface area (Å²) in [6.07, 6.45) is 0. The second-order valence-electron chi connectivity index (χ2n) is 6.53. The number of ether oxygens (including phenoxy) is 1. The standard InChI is InChI=1S/C21H21ClFN3O2/c1-12-17(6-5-7-19(12)28-4)21(27)24-20-13(2)25-26(14(20)3)11-15-8-9-16(23)10-18(15)22/h5-10H,11H2,1-4H3,(H,24,27). The number of carbonyl (C=O) groups excluding carboxylic acids is 1. The van der Waals surface area contributed by atoms with E-state index in [9.17, 15) is 9.18 Å². The molecule has 0 saturated heterocycles. The van der Waals surface area contributed by atoms with Crippen LogP contribution in [0, 0.1) is 26.6 Å². The lowest BCUT2D eigenvalue weighted by molar-refractivity contribution is 0.102. The largest absolute Gasteiger partial charge is 0.496 e. The Bertz CT molecular complexity index is 1050. The lowest BCUT2D eigenvalue weighted by atomic mass is 10.1. The van der Waals surface area contributed by atoms with Gasteiger partial charge in [-0.15, -0.1) is 0 Å². The maximum Gasteiger partial charge on any atom is 0.256 e. The molecule has 0 unspecified atom stereocenters. The lowest BCUT2D eigenvalue weighted by Gasteiger charge is -2.11. The van der Waals surface area contributed by atoms with Crippen LogP contribution in [0.2, 0.25) is 5.02 Å². The van der Waals surface area contributed by atoms with E-state index >= 15 is 0 Å². The summed E-state index contributed by atoms with van der Waals surface area (Å²) in [5.41, 5.74) is 4.16. The van der Waals surface area contributed by atoms with Gasteiger partial charge in [-0.05, 0) is 50.6 Å². The Kier molecular flexibility index (Phi) is 5.70. The molecule has 0 atom stereocenters. The van der Waals surface area contributed by atoms with E-state index in [0.29, 0.717) is 34.3 Å². The number of aromatic nitrogens is 2. The molecule has 146 valence electrons. The smallest absolute Gasteiger partial charge is 0.256 e. The third-order valence-electron chi connectivity index (χ3n) is 4.70. The van der Waals surface area contributed by atoms with Crippen LogP contribution < -0.4 is 10.1 Å². The van der Waals surface area contributed by atoms with Crippen molar-refractivity contribution in [1.82, 2.24) is 9.78 Å². The average Bonchev–Trinajstić information content (AvgIpc) is 2.91. The molecule has 0 saturated carbocycles. The first-order valence-electron chi connectivity index (χ1n) is 8.74. The molecule has 0 spiro atoms. The number of hydrogen-bond acceptors (Lipinski definition) is 3. The van der Waals surface area contributed by atoms with Gasteiger partial charge in [0, 0.05) is 16.1 Å². The van der Waals surface area contributed by atoms with E-state index in [2.05, 4.69) is 10.4 Å². The number of aryl methyl sites for hydroxylation is 1. The topological polar surface area (TPSA) is 56.1 Å². The van der Waals surface area contributed by atoms with Gasteiger partial charge >= 0.3 is 0 Å². The quantitative estimate of drug-likeness (QED) is 0.660. The first-order valence-corrected chi connectivity index (χ1v) is 9.12. The Morgan fingerprint density at radius 1 is 1.25 bits per heavy atom. The third kappa shape index (κ3) is 3.87. The number of hydrogen-bond donors (Lipinski definition) is 1. The molecular formula is C21H21ClFN3O2. The normalized spacial score (nSPS) is 10.8. The molecule has 3 rings (SSSR count). The zero-order chi connectivity index (χ0) is 20.4. The SMILES string of the molecule is COc1cccc(C(=O)Nc2c(C)nn(Cc3ccc(F)cc3Cl)c2C)c1C. The van der Waals surface area contributed by atoms with Crippen LogP contribution in [0.1, 0.15) is 32.9 Å². The van der Waals surface area contributed by atoms with Crippen LogP contribution >= 0.6 is 11.6 Å². The molecule has 0 radical (unpaired) electrons. The van der Waals surface area contributed by atoms with Crippen LogP contribution in [0.15, 0.2) is 36.4 Å². The van der Waals surface area contributed by atoms with Gasteiger partial charge in [0.2, 0.25) is 0 Å². The summed E-state index contributed by atoms with van der Waals surface area (Å²) in [7, 11) is 1.57. The van der Waals surface area contributed by atoms with Crippen molar-refractivity contribution < 1.29 is 13.9 Å². The fourth-order valence-corrected chi connectivity index (χ4v) is 3.33. The molecule has 0 bridgehead atoms. The fraction of sp³-hybridized carbons (Fsp3) is 0.238. The van der Waals surface area contributed by atoms with Gasteiger partial charge < -0.3 is 10.1 Å². The molecule has 5 nitrogen and oxygen atoms in total.